The van der Waals surface area contributed by atoms with Gasteiger partial charge in [-0.2, -0.15) is 0 Å². The molecule has 1 saturated carbocycles. The Morgan fingerprint density at radius 3 is 3.00 bits per heavy atom. The van der Waals surface area contributed by atoms with Crippen molar-refractivity contribution in [1.29, 1.82) is 0 Å². The van der Waals surface area contributed by atoms with Crippen LogP contribution in [0, 0.1) is 6.92 Å². The number of carbonyl (C=O) groups is 1. The van der Waals surface area contributed by atoms with E-state index in [-0.39, 0.29) is 11.9 Å². The van der Waals surface area contributed by atoms with Crippen molar-refractivity contribution in [2.24, 2.45) is 0 Å². The molecule has 1 fully saturated rings. The highest BCUT2D eigenvalue weighted by Crippen LogP contribution is 2.35. The summed E-state index contributed by atoms with van der Waals surface area (Å²) in [5.74, 6) is 0.350. The van der Waals surface area contributed by atoms with Gasteiger partial charge in [0.05, 0.1) is 5.69 Å². The van der Waals surface area contributed by atoms with Gasteiger partial charge < -0.3 is 9.84 Å². The number of halogens is 1. The molecule has 0 saturated heterocycles. The highest BCUT2D eigenvalue weighted by molar-refractivity contribution is 6.30. The van der Waals surface area contributed by atoms with Gasteiger partial charge in [0.1, 0.15) is 11.8 Å². The number of aryl methyl sites for hydroxylation is 1. The van der Waals surface area contributed by atoms with E-state index >= 15 is 0 Å². The Morgan fingerprint density at radius 2 is 2.29 bits per heavy atom. The van der Waals surface area contributed by atoms with E-state index < -0.39 is 0 Å². The minimum Gasteiger partial charge on any atom is -0.364 e. The molecule has 0 radical (unpaired) electrons. The smallest absolute Gasteiger partial charge is 0.256 e. The Hall–Kier alpha value is -1.81. The van der Waals surface area contributed by atoms with E-state index in [1.54, 1.807) is 6.92 Å². The molecule has 2 aromatic rings. The van der Waals surface area contributed by atoms with Gasteiger partial charge in [0, 0.05) is 11.1 Å². The molecule has 3 rings (SSSR count). The first-order valence-corrected chi connectivity index (χ1v) is 7.48. The number of benzene rings is 1. The summed E-state index contributed by atoms with van der Waals surface area (Å²) in [4.78, 5) is 12.1. The van der Waals surface area contributed by atoms with Crippen molar-refractivity contribution in [3.05, 3.63) is 52.4 Å². The van der Waals surface area contributed by atoms with Gasteiger partial charge in [-0.1, -0.05) is 28.9 Å². The third-order valence-corrected chi connectivity index (χ3v) is 4.32. The normalized spacial score (nSPS) is 21.4. The topological polar surface area (TPSA) is 55.1 Å². The van der Waals surface area contributed by atoms with Gasteiger partial charge in [-0.25, -0.2) is 0 Å². The van der Waals surface area contributed by atoms with Crippen LogP contribution in [-0.2, 0) is 0 Å². The summed E-state index contributed by atoms with van der Waals surface area (Å²) in [7, 11) is 0. The van der Waals surface area contributed by atoms with Crippen molar-refractivity contribution in [3.8, 4) is 0 Å². The maximum atomic E-state index is 12.1. The quantitative estimate of drug-likeness (QED) is 0.940. The maximum Gasteiger partial charge on any atom is 0.256 e. The standard InChI is InChI=1S/C16H17ClN2O2/c1-10-15(9-21-19-10)16(20)18-14-6-5-12(8-14)11-3-2-4-13(17)7-11/h2-4,7,9,12,14H,5-6,8H2,1H3,(H,18,20). The van der Waals surface area contributed by atoms with Gasteiger partial charge in [0.15, 0.2) is 0 Å². The summed E-state index contributed by atoms with van der Waals surface area (Å²) >= 11 is 6.04. The predicted octanol–water partition coefficient (Wildman–Crippen LogP) is 3.70. The monoisotopic (exact) mass is 304 g/mol. The molecule has 0 aliphatic heterocycles. The lowest BCUT2D eigenvalue weighted by atomic mass is 9.97. The molecular weight excluding hydrogens is 288 g/mol. The SMILES string of the molecule is Cc1nocc1C(=O)NC1CCC(c2cccc(Cl)c2)C1. The van der Waals surface area contributed by atoms with Crippen molar-refractivity contribution >= 4 is 17.5 Å². The van der Waals surface area contributed by atoms with Crippen LogP contribution in [0.2, 0.25) is 5.02 Å². The third-order valence-electron chi connectivity index (χ3n) is 4.08. The first kappa shape index (κ1) is 14.1. The summed E-state index contributed by atoms with van der Waals surface area (Å²) in [5, 5.41) is 7.56. The number of hydrogen-bond acceptors (Lipinski definition) is 3. The first-order valence-electron chi connectivity index (χ1n) is 7.11. The summed E-state index contributed by atoms with van der Waals surface area (Å²) in [6.45, 7) is 1.77. The van der Waals surface area contributed by atoms with E-state index in [2.05, 4.69) is 16.5 Å². The Bertz CT molecular complexity index is 653. The second-order valence-corrected chi connectivity index (χ2v) is 5.99. The molecule has 1 aromatic heterocycles. The number of rotatable bonds is 3. The molecule has 1 amide bonds. The lowest BCUT2D eigenvalue weighted by molar-refractivity contribution is 0.0936. The molecule has 2 unspecified atom stereocenters. The fraction of sp³-hybridized carbons (Fsp3) is 0.375. The summed E-state index contributed by atoms with van der Waals surface area (Å²) in [6, 6.07) is 8.17. The number of aromatic nitrogens is 1. The molecule has 110 valence electrons. The van der Waals surface area contributed by atoms with E-state index in [9.17, 15) is 4.79 Å². The number of nitrogens with one attached hydrogen (secondary N) is 1. The van der Waals surface area contributed by atoms with Gasteiger partial charge in [0.2, 0.25) is 0 Å². The molecule has 4 nitrogen and oxygen atoms in total. The lowest BCUT2D eigenvalue weighted by Gasteiger charge is -2.13. The van der Waals surface area contributed by atoms with E-state index in [4.69, 9.17) is 16.1 Å². The maximum absolute atomic E-state index is 12.1. The molecule has 5 heteroatoms. The summed E-state index contributed by atoms with van der Waals surface area (Å²) in [5.41, 5.74) is 2.39. The zero-order valence-corrected chi connectivity index (χ0v) is 12.6. The Balaban J connectivity index is 1.63. The van der Waals surface area contributed by atoms with E-state index in [1.807, 2.05) is 18.2 Å². The summed E-state index contributed by atoms with van der Waals surface area (Å²) in [6.07, 6.45) is 4.38. The van der Waals surface area contributed by atoms with Gasteiger partial charge in [0.25, 0.3) is 5.91 Å². The average Bonchev–Trinajstić information content (AvgIpc) is 3.08. The molecule has 1 N–H and O–H groups in total. The van der Waals surface area contributed by atoms with Crippen LogP contribution in [0.25, 0.3) is 0 Å². The molecule has 1 aliphatic rings. The lowest BCUT2D eigenvalue weighted by Crippen LogP contribution is -2.33. The van der Waals surface area contributed by atoms with Crippen LogP contribution in [0.4, 0.5) is 0 Å². The van der Waals surface area contributed by atoms with Crippen molar-refractivity contribution in [3.63, 3.8) is 0 Å². The zero-order valence-electron chi connectivity index (χ0n) is 11.8. The van der Waals surface area contributed by atoms with Gasteiger partial charge in [-0.05, 0) is 49.8 Å². The predicted molar refractivity (Wildman–Crippen MR) is 80.5 cm³/mol. The Labute approximate surface area is 128 Å². The van der Waals surface area contributed by atoms with Gasteiger partial charge >= 0.3 is 0 Å². The van der Waals surface area contributed by atoms with Crippen LogP contribution in [0.15, 0.2) is 35.1 Å². The second-order valence-electron chi connectivity index (χ2n) is 5.55. The molecule has 1 aromatic carbocycles. The molecule has 1 aliphatic carbocycles. The van der Waals surface area contributed by atoms with E-state index in [0.717, 1.165) is 24.3 Å². The molecule has 21 heavy (non-hydrogen) atoms. The summed E-state index contributed by atoms with van der Waals surface area (Å²) < 4.78 is 4.81. The number of carbonyl (C=O) groups excluding carboxylic acids is 1. The number of amides is 1. The van der Waals surface area contributed by atoms with Crippen molar-refractivity contribution in [2.75, 3.05) is 0 Å². The minimum atomic E-state index is -0.106. The molecule has 0 spiro atoms. The van der Waals surface area contributed by atoms with Gasteiger partial charge in [-0.15, -0.1) is 0 Å². The fourth-order valence-corrected chi connectivity index (χ4v) is 3.15. The van der Waals surface area contributed by atoms with Crippen LogP contribution < -0.4 is 5.32 Å². The van der Waals surface area contributed by atoms with Crippen LogP contribution in [0.1, 0.15) is 46.8 Å². The van der Waals surface area contributed by atoms with Crippen LogP contribution in [0.3, 0.4) is 0 Å². The van der Waals surface area contributed by atoms with Crippen molar-refractivity contribution in [1.82, 2.24) is 10.5 Å². The third kappa shape index (κ3) is 3.10. The number of nitrogens with zero attached hydrogens (tertiary/aromatic N) is 1. The largest absolute Gasteiger partial charge is 0.364 e. The number of hydrogen-bond donors (Lipinski definition) is 1. The van der Waals surface area contributed by atoms with E-state index in [1.165, 1.54) is 11.8 Å². The highest BCUT2D eigenvalue weighted by Gasteiger charge is 2.28. The van der Waals surface area contributed by atoms with Crippen molar-refractivity contribution in [2.45, 2.75) is 38.1 Å². The molecular formula is C16H17ClN2O2. The molecule has 0 bridgehead atoms. The highest BCUT2D eigenvalue weighted by atomic mass is 35.5. The Kier molecular flexibility index (Phi) is 3.97. The van der Waals surface area contributed by atoms with Crippen molar-refractivity contribution < 1.29 is 9.32 Å². The van der Waals surface area contributed by atoms with Crippen LogP contribution in [0.5, 0.6) is 0 Å². The molecule has 1 heterocycles. The Morgan fingerprint density at radius 1 is 1.43 bits per heavy atom. The van der Waals surface area contributed by atoms with Gasteiger partial charge in [-0.3, -0.25) is 4.79 Å². The zero-order chi connectivity index (χ0) is 14.8. The first-order chi connectivity index (χ1) is 10.1. The average molecular weight is 305 g/mol. The van der Waals surface area contributed by atoms with Crippen LogP contribution in [-0.4, -0.2) is 17.1 Å². The fourth-order valence-electron chi connectivity index (χ4n) is 2.95. The van der Waals surface area contributed by atoms with E-state index in [0.29, 0.717) is 17.2 Å². The van der Waals surface area contributed by atoms with Crippen LogP contribution >= 0.6 is 11.6 Å². The molecule has 2 atom stereocenters. The minimum absolute atomic E-state index is 0.106. The second kappa shape index (κ2) is 5.90.